The van der Waals surface area contributed by atoms with Gasteiger partial charge in [-0.1, -0.05) is 6.92 Å². The van der Waals surface area contributed by atoms with Crippen LogP contribution in [-0.2, 0) is 16.5 Å². The Labute approximate surface area is 213 Å². The van der Waals surface area contributed by atoms with Gasteiger partial charge in [-0.2, -0.15) is 10.1 Å². The van der Waals surface area contributed by atoms with Crippen LogP contribution in [0, 0.1) is 5.41 Å². The Balaban J connectivity index is 1.72. The lowest BCUT2D eigenvalue weighted by Gasteiger charge is -2.30. The summed E-state index contributed by atoms with van der Waals surface area (Å²) >= 11 is 0. The van der Waals surface area contributed by atoms with E-state index in [2.05, 4.69) is 27.0 Å². The largest absolute Gasteiger partial charge is 0.450 e. The van der Waals surface area contributed by atoms with Gasteiger partial charge in [0.1, 0.15) is 11.2 Å². The van der Waals surface area contributed by atoms with Crippen molar-refractivity contribution in [2.45, 2.75) is 44.2 Å². The lowest BCUT2D eigenvalue weighted by molar-refractivity contribution is -0.00709. The van der Waals surface area contributed by atoms with Crippen molar-refractivity contribution >= 4 is 34.5 Å². The van der Waals surface area contributed by atoms with Crippen molar-refractivity contribution in [3.8, 4) is 11.3 Å². The molecule has 3 atom stereocenters. The third-order valence-electron chi connectivity index (χ3n) is 6.79. The third kappa shape index (κ3) is 4.84. The molecule has 11 heteroatoms. The Hall–Kier alpha value is -3.70. The number of aliphatic imine (C=N–C) groups is 1. The molecule has 1 aliphatic rings. The molecule has 0 aliphatic carbocycles. The minimum atomic E-state index is -0.418. The lowest BCUT2D eigenvalue weighted by Crippen LogP contribution is -2.34. The minimum absolute atomic E-state index is 0.0734. The molecule has 1 aliphatic heterocycles. The normalized spacial score (nSPS) is 19.2. The molecule has 4 aromatic rings. The maximum atomic E-state index is 13.6. The first-order valence-corrected chi connectivity index (χ1v) is 12.5. The van der Waals surface area contributed by atoms with Crippen molar-refractivity contribution < 1.29 is 13.9 Å². The molecule has 0 aromatic carbocycles. The Kier molecular flexibility index (Phi) is 7.24. The molecule has 194 valence electrons. The molecular weight excluding hydrogens is 474 g/mol. The highest BCUT2D eigenvalue weighted by Gasteiger charge is 2.29. The topological polar surface area (TPSA) is 133 Å². The van der Waals surface area contributed by atoms with Crippen LogP contribution >= 0.6 is 0 Å². The summed E-state index contributed by atoms with van der Waals surface area (Å²) in [4.78, 5) is 27.0. The average Bonchev–Trinajstić information content (AvgIpc) is 3.52. The zero-order valence-electron chi connectivity index (χ0n) is 21.3. The van der Waals surface area contributed by atoms with E-state index in [9.17, 15) is 4.79 Å². The molecule has 0 amide bonds. The van der Waals surface area contributed by atoms with Gasteiger partial charge in [-0.15, -0.1) is 0 Å². The van der Waals surface area contributed by atoms with E-state index in [4.69, 9.17) is 19.3 Å². The number of ether oxygens (including phenoxy) is 2. The van der Waals surface area contributed by atoms with Crippen molar-refractivity contribution in [1.82, 2.24) is 24.3 Å². The first-order valence-electron chi connectivity index (χ1n) is 12.5. The fourth-order valence-electron chi connectivity index (χ4n) is 4.88. The van der Waals surface area contributed by atoms with Crippen molar-refractivity contribution in [2.75, 3.05) is 26.9 Å². The fraction of sp³-hybridized carbons (Fsp3) is 0.462. The number of hydrogen-bond acceptors (Lipinski definition) is 9. The first-order chi connectivity index (χ1) is 18.0. The number of rotatable bonds is 9. The van der Waals surface area contributed by atoms with Crippen molar-refractivity contribution in [3.63, 3.8) is 0 Å². The van der Waals surface area contributed by atoms with Crippen LogP contribution in [0.4, 0.5) is 0 Å². The molecule has 0 bridgehead atoms. The van der Waals surface area contributed by atoms with Crippen molar-refractivity contribution in [1.29, 1.82) is 5.41 Å². The maximum absolute atomic E-state index is 13.6. The van der Waals surface area contributed by atoms with Gasteiger partial charge in [-0.05, 0) is 25.3 Å². The van der Waals surface area contributed by atoms with Crippen LogP contribution < -0.4 is 5.69 Å². The molecular formula is C26H31N7O4. The van der Waals surface area contributed by atoms with Gasteiger partial charge in [0.2, 0.25) is 0 Å². The second kappa shape index (κ2) is 10.7. The summed E-state index contributed by atoms with van der Waals surface area (Å²) in [5.74, 6) is -0.418. The number of fused-ring (bicyclic) bond motifs is 3. The molecule has 0 spiro atoms. The fourth-order valence-corrected chi connectivity index (χ4v) is 4.88. The zero-order valence-corrected chi connectivity index (χ0v) is 21.3. The Bertz CT molecular complexity index is 1500. The van der Waals surface area contributed by atoms with Crippen LogP contribution in [0.2, 0.25) is 0 Å². The van der Waals surface area contributed by atoms with E-state index in [1.807, 2.05) is 19.3 Å². The molecule has 1 N–H and O–H groups in total. The van der Waals surface area contributed by atoms with Gasteiger partial charge in [0, 0.05) is 56.4 Å². The molecule has 5 rings (SSSR count). The standard InChI is InChI=1S/C26H31N7O4/c1-4-19-9-18(5-7-36-19)33-24-20-10-21(16(11-27)12-28-6-8-35-3)29-14-22(20)37-25(24)23(31-26(33)34)17-13-30-32(2)15-17/h10-16,18-19,27H,4-9H2,1-3H3. The number of nitrogens with one attached hydrogen (secondary N) is 1. The highest BCUT2D eigenvalue weighted by atomic mass is 16.5. The van der Waals surface area contributed by atoms with Gasteiger partial charge in [0.25, 0.3) is 0 Å². The summed E-state index contributed by atoms with van der Waals surface area (Å²) in [5, 5.41) is 12.9. The summed E-state index contributed by atoms with van der Waals surface area (Å²) in [7, 11) is 3.44. The summed E-state index contributed by atoms with van der Waals surface area (Å²) in [6.45, 7) is 3.67. The number of aromatic nitrogens is 5. The summed E-state index contributed by atoms with van der Waals surface area (Å²) in [6, 6.07) is 1.81. The van der Waals surface area contributed by atoms with Crippen molar-refractivity contribution in [3.05, 3.63) is 40.8 Å². The predicted molar refractivity (Wildman–Crippen MR) is 141 cm³/mol. The number of aryl methyl sites for hydroxylation is 1. The number of hydrogen-bond donors (Lipinski definition) is 1. The molecule has 1 saturated heterocycles. The van der Waals surface area contributed by atoms with E-state index < -0.39 is 5.92 Å². The van der Waals surface area contributed by atoms with Gasteiger partial charge in [0.05, 0.1) is 43.3 Å². The summed E-state index contributed by atoms with van der Waals surface area (Å²) in [6.07, 6.45) is 10.5. The lowest BCUT2D eigenvalue weighted by atomic mass is 10.0. The smallest absolute Gasteiger partial charge is 0.349 e. The van der Waals surface area contributed by atoms with Crippen LogP contribution in [0.15, 0.2) is 38.9 Å². The molecule has 5 heterocycles. The number of pyridine rings is 1. The van der Waals surface area contributed by atoms with E-state index in [-0.39, 0.29) is 17.8 Å². The van der Waals surface area contributed by atoms with Crippen LogP contribution in [0.3, 0.4) is 0 Å². The van der Waals surface area contributed by atoms with Crippen LogP contribution in [0.5, 0.6) is 0 Å². The Morgan fingerprint density at radius 3 is 2.97 bits per heavy atom. The summed E-state index contributed by atoms with van der Waals surface area (Å²) < 4.78 is 20.7. The molecule has 37 heavy (non-hydrogen) atoms. The van der Waals surface area contributed by atoms with Crippen LogP contribution in [-0.4, -0.2) is 69.7 Å². The molecule has 4 aromatic heterocycles. The Morgan fingerprint density at radius 1 is 1.38 bits per heavy atom. The zero-order chi connectivity index (χ0) is 25.9. The van der Waals surface area contributed by atoms with Gasteiger partial charge in [-0.3, -0.25) is 19.2 Å². The number of nitrogens with zero attached hydrogens (tertiary/aromatic N) is 6. The predicted octanol–water partition coefficient (Wildman–Crippen LogP) is 3.52. The van der Waals surface area contributed by atoms with E-state index in [1.165, 1.54) is 6.21 Å². The van der Waals surface area contributed by atoms with E-state index in [0.29, 0.717) is 59.8 Å². The molecule has 1 fully saturated rings. The maximum Gasteiger partial charge on any atom is 0.349 e. The summed E-state index contributed by atoms with van der Waals surface area (Å²) in [5.41, 5.74) is 3.20. The second-order valence-electron chi connectivity index (χ2n) is 9.22. The monoisotopic (exact) mass is 505 g/mol. The quantitative estimate of drug-likeness (QED) is 0.272. The first kappa shape index (κ1) is 25.0. The second-order valence-corrected chi connectivity index (χ2v) is 9.22. The molecule has 3 unspecified atom stereocenters. The highest BCUT2D eigenvalue weighted by Crippen LogP contribution is 2.37. The Morgan fingerprint density at radius 2 is 2.24 bits per heavy atom. The van der Waals surface area contributed by atoms with Gasteiger partial charge in [-0.25, -0.2) is 4.79 Å². The molecule has 11 nitrogen and oxygen atoms in total. The van der Waals surface area contributed by atoms with E-state index >= 15 is 0 Å². The van der Waals surface area contributed by atoms with E-state index in [0.717, 1.165) is 18.2 Å². The van der Waals surface area contributed by atoms with E-state index in [1.54, 1.807) is 35.0 Å². The third-order valence-corrected chi connectivity index (χ3v) is 6.79. The highest BCUT2D eigenvalue weighted by molar-refractivity contribution is 6.07. The molecule has 0 radical (unpaired) electrons. The molecule has 0 saturated carbocycles. The van der Waals surface area contributed by atoms with Gasteiger partial charge >= 0.3 is 5.69 Å². The van der Waals surface area contributed by atoms with Crippen LogP contribution in [0.1, 0.15) is 43.8 Å². The van der Waals surface area contributed by atoms with Crippen LogP contribution in [0.25, 0.3) is 33.3 Å². The van der Waals surface area contributed by atoms with Gasteiger partial charge in [0.15, 0.2) is 11.2 Å². The average molecular weight is 506 g/mol. The minimum Gasteiger partial charge on any atom is -0.450 e. The van der Waals surface area contributed by atoms with Crippen molar-refractivity contribution in [2.24, 2.45) is 12.0 Å². The number of furan rings is 1. The van der Waals surface area contributed by atoms with Gasteiger partial charge < -0.3 is 19.3 Å². The SMILES string of the molecule is CCC1CC(n2c(=O)nc(-c3cnn(C)c3)c3oc4cnc(C(C=N)C=NCCOC)cc4c32)CCO1. The number of methoxy groups -OCH3 is 1.